The molecule has 172 valence electrons. The lowest BCUT2D eigenvalue weighted by molar-refractivity contribution is -0.143. The third kappa shape index (κ3) is 6.31. The standard InChI is InChI=1S/C26H33FN2O3/c1-3-23(26(31)28-21-13-5-4-6-14-21)29(17-20-12-8-7-11-19(20)2)25(30)18-32-24-16-10-9-15-22(24)27/h7-12,15-16,21,23H,3-6,13-14,17-18H2,1-2H3,(H,28,31)/t23-/m1/s1. The van der Waals surface area contributed by atoms with E-state index in [0.29, 0.717) is 13.0 Å². The number of nitrogens with zero attached hydrogens (tertiary/aromatic N) is 1. The average Bonchev–Trinajstić information content (AvgIpc) is 2.80. The Bertz CT molecular complexity index is 911. The number of nitrogens with one attached hydrogen (secondary N) is 1. The molecule has 2 aromatic carbocycles. The summed E-state index contributed by atoms with van der Waals surface area (Å²) in [4.78, 5) is 28.0. The van der Waals surface area contributed by atoms with Gasteiger partial charge in [-0.25, -0.2) is 4.39 Å². The number of para-hydroxylation sites is 1. The molecule has 0 unspecified atom stereocenters. The van der Waals surface area contributed by atoms with Crippen LogP contribution in [0.2, 0.25) is 0 Å². The first kappa shape index (κ1) is 23.8. The van der Waals surface area contributed by atoms with Crippen molar-refractivity contribution in [3.8, 4) is 5.75 Å². The molecule has 0 radical (unpaired) electrons. The zero-order valence-corrected chi connectivity index (χ0v) is 19.0. The summed E-state index contributed by atoms with van der Waals surface area (Å²) in [6.45, 7) is 3.85. The molecule has 1 atom stereocenters. The quantitative estimate of drug-likeness (QED) is 0.611. The Morgan fingerprint density at radius 3 is 2.47 bits per heavy atom. The van der Waals surface area contributed by atoms with Gasteiger partial charge in [0.25, 0.3) is 5.91 Å². The van der Waals surface area contributed by atoms with Crippen molar-refractivity contribution in [1.82, 2.24) is 10.2 Å². The predicted octanol–water partition coefficient (Wildman–Crippen LogP) is 4.77. The van der Waals surface area contributed by atoms with Crippen molar-refractivity contribution in [2.24, 2.45) is 0 Å². The molecule has 1 saturated carbocycles. The number of amides is 2. The maximum atomic E-state index is 13.9. The summed E-state index contributed by atoms with van der Waals surface area (Å²) in [5.41, 5.74) is 2.01. The normalized spacial score (nSPS) is 15.1. The van der Waals surface area contributed by atoms with Crippen LogP contribution < -0.4 is 10.1 Å². The molecule has 5 nitrogen and oxygen atoms in total. The number of halogens is 1. The highest BCUT2D eigenvalue weighted by Crippen LogP contribution is 2.20. The van der Waals surface area contributed by atoms with E-state index in [1.807, 2.05) is 38.1 Å². The van der Waals surface area contributed by atoms with E-state index < -0.39 is 11.9 Å². The SMILES string of the molecule is CC[C@H](C(=O)NC1CCCCC1)N(Cc1ccccc1C)C(=O)COc1ccccc1F. The van der Waals surface area contributed by atoms with Gasteiger partial charge in [-0.3, -0.25) is 9.59 Å². The second kappa shape index (κ2) is 11.7. The average molecular weight is 441 g/mol. The minimum absolute atomic E-state index is 0.0244. The highest BCUT2D eigenvalue weighted by atomic mass is 19.1. The molecule has 2 amide bonds. The summed E-state index contributed by atoms with van der Waals surface area (Å²) in [5, 5.41) is 3.15. The van der Waals surface area contributed by atoms with Crippen molar-refractivity contribution in [3.05, 3.63) is 65.5 Å². The Morgan fingerprint density at radius 1 is 1.09 bits per heavy atom. The Balaban J connectivity index is 1.77. The number of rotatable bonds is 9. The van der Waals surface area contributed by atoms with Crippen molar-refractivity contribution in [2.45, 2.75) is 71.0 Å². The number of aryl methyl sites for hydroxylation is 1. The molecule has 0 spiro atoms. The lowest BCUT2D eigenvalue weighted by Gasteiger charge is -2.33. The van der Waals surface area contributed by atoms with Crippen molar-refractivity contribution in [3.63, 3.8) is 0 Å². The molecule has 0 aromatic heterocycles. The van der Waals surface area contributed by atoms with Gasteiger partial charge < -0.3 is 15.0 Å². The summed E-state index contributed by atoms with van der Waals surface area (Å²) in [6.07, 6.45) is 5.87. The van der Waals surface area contributed by atoms with Crippen LogP contribution in [0.1, 0.15) is 56.6 Å². The van der Waals surface area contributed by atoms with Gasteiger partial charge >= 0.3 is 0 Å². The number of hydrogen-bond acceptors (Lipinski definition) is 3. The number of carbonyl (C=O) groups excluding carboxylic acids is 2. The molecule has 0 aliphatic heterocycles. The van der Waals surface area contributed by atoms with Crippen molar-refractivity contribution in [1.29, 1.82) is 0 Å². The number of carbonyl (C=O) groups is 2. The zero-order chi connectivity index (χ0) is 22.9. The summed E-state index contributed by atoms with van der Waals surface area (Å²) < 4.78 is 19.4. The van der Waals surface area contributed by atoms with E-state index in [4.69, 9.17) is 4.74 Å². The van der Waals surface area contributed by atoms with Crippen LogP contribution >= 0.6 is 0 Å². The monoisotopic (exact) mass is 440 g/mol. The fourth-order valence-electron chi connectivity index (χ4n) is 4.22. The zero-order valence-electron chi connectivity index (χ0n) is 19.0. The first-order valence-electron chi connectivity index (χ1n) is 11.5. The summed E-state index contributed by atoms with van der Waals surface area (Å²) in [6, 6.07) is 13.3. The van der Waals surface area contributed by atoms with Gasteiger partial charge in [0.2, 0.25) is 5.91 Å². The number of benzene rings is 2. The Kier molecular flexibility index (Phi) is 8.65. The Labute approximate surface area is 190 Å². The lowest BCUT2D eigenvalue weighted by atomic mass is 9.95. The minimum atomic E-state index is -0.617. The molecule has 1 N–H and O–H groups in total. The first-order chi connectivity index (χ1) is 15.5. The van der Waals surface area contributed by atoms with Crippen LogP contribution in [-0.4, -0.2) is 35.4 Å². The van der Waals surface area contributed by atoms with Gasteiger partial charge in [0.1, 0.15) is 6.04 Å². The van der Waals surface area contributed by atoms with Crippen LogP contribution in [-0.2, 0) is 16.1 Å². The molecule has 0 saturated heterocycles. The maximum absolute atomic E-state index is 13.9. The van der Waals surface area contributed by atoms with Crippen molar-refractivity contribution < 1.29 is 18.7 Å². The van der Waals surface area contributed by atoms with E-state index in [0.717, 1.165) is 36.8 Å². The largest absolute Gasteiger partial charge is 0.481 e. The molecule has 0 bridgehead atoms. The highest BCUT2D eigenvalue weighted by Gasteiger charge is 2.31. The van der Waals surface area contributed by atoms with Gasteiger partial charge in [0, 0.05) is 12.6 Å². The highest BCUT2D eigenvalue weighted by molar-refractivity contribution is 5.88. The minimum Gasteiger partial charge on any atom is -0.481 e. The van der Waals surface area contributed by atoms with Crippen molar-refractivity contribution >= 4 is 11.8 Å². The topological polar surface area (TPSA) is 58.6 Å². The third-order valence-corrected chi connectivity index (χ3v) is 6.13. The van der Waals surface area contributed by atoms with Gasteiger partial charge in [-0.15, -0.1) is 0 Å². The van der Waals surface area contributed by atoms with E-state index in [2.05, 4.69) is 5.32 Å². The first-order valence-corrected chi connectivity index (χ1v) is 11.5. The second-order valence-electron chi connectivity index (χ2n) is 8.43. The Morgan fingerprint density at radius 2 is 1.78 bits per heavy atom. The molecule has 3 rings (SSSR count). The van der Waals surface area contributed by atoms with Crippen LogP contribution in [0.25, 0.3) is 0 Å². The van der Waals surface area contributed by atoms with Gasteiger partial charge in [-0.2, -0.15) is 0 Å². The molecule has 6 heteroatoms. The number of ether oxygens (including phenoxy) is 1. The fraction of sp³-hybridized carbons (Fsp3) is 0.462. The van der Waals surface area contributed by atoms with Crippen LogP contribution in [0.5, 0.6) is 5.75 Å². The molecule has 32 heavy (non-hydrogen) atoms. The molecular weight excluding hydrogens is 407 g/mol. The molecule has 2 aromatic rings. The molecule has 0 heterocycles. The van der Waals surface area contributed by atoms with E-state index >= 15 is 0 Å². The van der Waals surface area contributed by atoms with Crippen LogP contribution in [0, 0.1) is 12.7 Å². The van der Waals surface area contributed by atoms with Gasteiger partial charge in [0.05, 0.1) is 0 Å². The lowest BCUT2D eigenvalue weighted by Crippen LogP contribution is -2.52. The number of hydrogen-bond donors (Lipinski definition) is 1. The van der Waals surface area contributed by atoms with Crippen LogP contribution in [0.15, 0.2) is 48.5 Å². The molecule has 1 fully saturated rings. The Hall–Kier alpha value is -2.89. The maximum Gasteiger partial charge on any atom is 0.261 e. The van der Waals surface area contributed by atoms with E-state index in [9.17, 15) is 14.0 Å². The van der Waals surface area contributed by atoms with Gasteiger partial charge in [0.15, 0.2) is 18.2 Å². The molecule has 1 aliphatic carbocycles. The summed E-state index contributed by atoms with van der Waals surface area (Å²) in [5.74, 6) is -0.974. The molecule has 1 aliphatic rings. The smallest absolute Gasteiger partial charge is 0.261 e. The van der Waals surface area contributed by atoms with E-state index in [1.54, 1.807) is 17.0 Å². The van der Waals surface area contributed by atoms with Gasteiger partial charge in [-0.05, 0) is 49.4 Å². The van der Waals surface area contributed by atoms with Crippen LogP contribution in [0.4, 0.5) is 4.39 Å². The molecular formula is C26H33FN2O3. The van der Waals surface area contributed by atoms with Gasteiger partial charge in [-0.1, -0.05) is 62.6 Å². The van der Waals surface area contributed by atoms with E-state index in [1.165, 1.54) is 18.6 Å². The fourth-order valence-corrected chi connectivity index (χ4v) is 4.22. The van der Waals surface area contributed by atoms with Crippen LogP contribution in [0.3, 0.4) is 0 Å². The predicted molar refractivity (Wildman–Crippen MR) is 123 cm³/mol. The van der Waals surface area contributed by atoms with E-state index in [-0.39, 0.29) is 30.2 Å². The van der Waals surface area contributed by atoms with Crippen molar-refractivity contribution in [2.75, 3.05) is 6.61 Å². The second-order valence-corrected chi connectivity index (χ2v) is 8.43. The summed E-state index contributed by atoms with van der Waals surface area (Å²) >= 11 is 0. The third-order valence-electron chi connectivity index (χ3n) is 6.13. The summed E-state index contributed by atoms with van der Waals surface area (Å²) in [7, 11) is 0.